The number of carbonyl (C=O) groups is 1. The molecular formula is C12H18BrN3O3. The first kappa shape index (κ1) is 14.3. The number of amides is 1. The van der Waals surface area contributed by atoms with Crippen molar-refractivity contribution in [3.8, 4) is 0 Å². The van der Waals surface area contributed by atoms with Gasteiger partial charge in [-0.3, -0.25) is 0 Å². The predicted molar refractivity (Wildman–Crippen MR) is 72.6 cm³/mol. The maximum absolute atomic E-state index is 11.8. The molecule has 0 spiro atoms. The molecule has 19 heavy (non-hydrogen) atoms. The van der Waals surface area contributed by atoms with Crippen molar-refractivity contribution in [1.29, 1.82) is 0 Å². The molecule has 106 valence electrons. The molecule has 0 aromatic carbocycles. The zero-order valence-electron chi connectivity index (χ0n) is 11.5. The number of nitrogens with zero attached hydrogens (tertiary/aromatic N) is 3. The Morgan fingerprint density at radius 1 is 1.53 bits per heavy atom. The van der Waals surface area contributed by atoms with Crippen LogP contribution in [-0.4, -0.2) is 44.3 Å². The number of imidazole rings is 1. The van der Waals surface area contributed by atoms with Gasteiger partial charge in [-0.1, -0.05) is 0 Å². The Kier molecular flexibility index (Phi) is 3.38. The second-order valence-corrected chi connectivity index (χ2v) is 6.68. The molecule has 1 aliphatic heterocycles. The molecule has 0 radical (unpaired) electrons. The number of β-amino-alcohol motifs (C(OH)–C–C–N with tert-alkyl or cyclic N) is 1. The fourth-order valence-electron chi connectivity index (χ4n) is 2.04. The number of likely N-dealkylation sites (tertiary alicyclic amines) is 1. The SMILES string of the molecule is Cn1cc(Br)nc1C1(O)CN(C(=O)OC(C)(C)C)C1. The van der Waals surface area contributed by atoms with Gasteiger partial charge in [-0.15, -0.1) is 0 Å². The Balaban J connectivity index is 2.02. The number of aromatic nitrogens is 2. The highest BCUT2D eigenvalue weighted by Crippen LogP contribution is 2.32. The van der Waals surface area contributed by atoms with Gasteiger partial charge in [0.25, 0.3) is 0 Å². The van der Waals surface area contributed by atoms with Crippen molar-refractivity contribution >= 4 is 22.0 Å². The first-order chi connectivity index (χ1) is 8.61. The molecule has 1 N–H and O–H groups in total. The Morgan fingerprint density at radius 2 is 2.11 bits per heavy atom. The van der Waals surface area contributed by atoms with E-state index >= 15 is 0 Å². The lowest BCUT2D eigenvalue weighted by Crippen LogP contribution is -2.62. The van der Waals surface area contributed by atoms with E-state index in [1.54, 1.807) is 17.8 Å². The van der Waals surface area contributed by atoms with Crippen LogP contribution in [0, 0.1) is 0 Å². The summed E-state index contributed by atoms with van der Waals surface area (Å²) in [6.45, 7) is 5.82. The molecule has 6 nitrogen and oxygen atoms in total. The summed E-state index contributed by atoms with van der Waals surface area (Å²) in [6, 6.07) is 0. The molecule has 0 atom stereocenters. The van der Waals surface area contributed by atoms with Crippen LogP contribution >= 0.6 is 15.9 Å². The molecule has 0 saturated carbocycles. The normalized spacial score (nSPS) is 18.1. The van der Waals surface area contributed by atoms with Gasteiger partial charge in [0, 0.05) is 13.2 Å². The van der Waals surface area contributed by atoms with Gasteiger partial charge in [0.1, 0.15) is 16.0 Å². The minimum absolute atomic E-state index is 0.194. The van der Waals surface area contributed by atoms with E-state index in [0.717, 1.165) is 0 Å². The minimum Gasteiger partial charge on any atom is -0.444 e. The highest BCUT2D eigenvalue weighted by molar-refractivity contribution is 9.10. The fraction of sp³-hybridized carbons (Fsp3) is 0.667. The maximum atomic E-state index is 11.8. The van der Waals surface area contributed by atoms with Crippen LogP contribution in [0.3, 0.4) is 0 Å². The van der Waals surface area contributed by atoms with Gasteiger partial charge in [0.15, 0.2) is 5.60 Å². The molecule has 1 aliphatic rings. The molecule has 0 aliphatic carbocycles. The molecular weight excluding hydrogens is 314 g/mol. The topological polar surface area (TPSA) is 67.6 Å². The number of aryl methyl sites for hydroxylation is 1. The van der Waals surface area contributed by atoms with Gasteiger partial charge in [-0.05, 0) is 36.7 Å². The van der Waals surface area contributed by atoms with Gasteiger partial charge in [-0.2, -0.15) is 0 Å². The maximum Gasteiger partial charge on any atom is 0.410 e. The van der Waals surface area contributed by atoms with Crippen molar-refractivity contribution in [2.24, 2.45) is 7.05 Å². The summed E-state index contributed by atoms with van der Waals surface area (Å²) < 4.78 is 7.65. The molecule has 0 unspecified atom stereocenters. The third-order valence-electron chi connectivity index (χ3n) is 2.82. The van der Waals surface area contributed by atoms with Crippen LogP contribution in [0.2, 0.25) is 0 Å². The summed E-state index contributed by atoms with van der Waals surface area (Å²) >= 11 is 3.26. The first-order valence-corrected chi connectivity index (χ1v) is 6.80. The van der Waals surface area contributed by atoms with Crippen molar-refractivity contribution in [2.45, 2.75) is 32.0 Å². The summed E-state index contributed by atoms with van der Waals surface area (Å²) in [6.07, 6.45) is 1.36. The van der Waals surface area contributed by atoms with Crippen molar-refractivity contribution < 1.29 is 14.6 Å². The lowest BCUT2D eigenvalue weighted by atomic mass is 9.93. The van der Waals surface area contributed by atoms with Crippen LogP contribution in [-0.2, 0) is 17.4 Å². The van der Waals surface area contributed by atoms with Gasteiger partial charge in [0.2, 0.25) is 0 Å². The number of halogens is 1. The third-order valence-corrected chi connectivity index (χ3v) is 3.20. The van der Waals surface area contributed by atoms with Crippen LogP contribution < -0.4 is 0 Å². The molecule has 1 amide bonds. The number of hydrogen-bond acceptors (Lipinski definition) is 4. The molecule has 2 rings (SSSR count). The van der Waals surface area contributed by atoms with Crippen molar-refractivity contribution in [2.75, 3.05) is 13.1 Å². The molecule has 2 heterocycles. The van der Waals surface area contributed by atoms with E-state index in [1.165, 1.54) is 4.90 Å². The summed E-state index contributed by atoms with van der Waals surface area (Å²) in [7, 11) is 1.81. The standard InChI is InChI=1S/C12H18BrN3O3/c1-11(2,3)19-10(17)16-6-12(18,7-16)9-14-8(13)5-15(9)4/h5,18H,6-7H2,1-4H3. The first-order valence-electron chi connectivity index (χ1n) is 6.00. The van der Waals surface area contributed by atoms with E-state index in [2.05, 4.69) is 20.9 Å². The average Bonchev–Trinajstić information content (AvgIpc) is 2.50. The van der Waals surface area contributed by atoms with Crippen molar-refractivity contribution in [3.05, 3.63) is 16.6 Å². The smallest absolute Gasteiger partial charge is 0.410 e. The van der Waals surface area contributed by atoms with E-state index in [9.17, 15) is 9.90 Å². The molecule has 1 aromatic rings. The summed E-state index contributed by atoms with van der Waals surface area (Å²) in [5.74, 6) is 0.541. The van der Waals surface area contributed by atoms with Gasteiger partial charge >= 0.3 is 6.09 Å². The van der Waals surface area contributed by atoms with Crippen molar-refractivity contribution in [3.63, 3.8) is 0 Å². The van der Waals surface area contributed by atoms with Gasteiger partial charge < -0.3 is 19.3 Å². The second-order valence-electron chi connectivity index (χ2n) is 5.87. The Bertz CT molecular complexity index is 501. The number of carbonyl (C=O) groups excluding carboxylic acids is 1. The van der Waals surface area contributed by atoms with Crippen molar-refractivity contribution in [1.82, 2.24) is 14.5 Å². The highest BCUT2D eigenvalue weighted by Gasteiger charge is 2.49. The monoisotopic (exact) mass is 331 g/mol. The molecule has 1 fully saturated rings. The van der Waals surface area contributed by atoms with E-state index in [-0.39, 0.29) is 13.1 Å². The Labute approximate surface area is 120 Å². The van der Waals surface area contributed by atoms with Crippen LogP contribution in [0.5, 0.6) is 0 Å². The largest absolute Gasteiger partial charge is 0.444 e. The van der Waals surface area contributed by atoms with E-state index in [1.807, 2.05) is 20.8 Å². The Morgan fingerprint density at radius 3 is 2.53 bits per heavy atom. The zero-order chi connectivity index (χ0) is 14.4. The summed E-state index contributed by atoms with van der Waals surface area (Å²) in [5.41, 5.74) is -1.63. The molecule has 1 saturated heterocycles. The molecule has 7 heteroatoms. The van der Waals surface area contributed by atoms with Crippen LogP contribution in [0.1, 0.15) is 26.6 Å². The van der Waals surface area contributed by atoms with Crippen LogP contribution in [0.15, 0.2) is 10.8 Å². The number of aliphatic hydroxyl groups is 1. The minimum atomic E-state index is -1.10. The van der Waals surface area contributed by atoms with Crippen LogP contribution in [0.4, 0.5) is 4.79 Å². The highest BCUT2D eigenvalue weighted by atomic mass is 79.9. The number of ether oxygens (including phenoxy) is 1. The lowest BCUT2D eigenvalue weighted by molar-refractivity contribution is -0.110. The molecule has 1 aromatic heterocycles. The fourth-order valence-corrected chi connectivity index (χ4v) is 2.52. The third kappa shape index (κ3) is 2.92. The van der Waals surface area contributed by atoms with E-state index < -0.39 is 17.3 Å². The van der Waals surface area contributed by atoms with Gasteiger partial charge in [-0.25, -0.2) is 9.78 Å². The van der Waals surface area contributed by atoms with E-state index in [0.29, 0.717) is 10.4 Å². The number of hydrogen-bond donors (Lipinski definition) is 1. The summed E-state index contributed by atoms with van der Waals surface area (Å²) in [5, 5.41) is 10.4. The summed E-state index contributed by atoms with van der Waals surface area (Å²) in [4.78, 5) is 17.5. The average molecular weight is 332 g/mol. The Hall–Kier alpha value is -1.08. The van der Waals surface area contributed by atoms with E-state index in [4.69, 9.17) is 4.74 Å². The number of rotatable bonds is 1. The zero-order valence-corrected chi connectivity index (χ0v) is 13.1. The second kappa shape index (κ2) is 4.49. The lowest BCUT2D eigenvalue weighted by Gasteiger charge is -2.45. The van der Waals surface area contributed by atoms with Gasteiger partial charge in [0.05, 0.1) is 13.1 Å². The predicted octanol–water partition coefficient (Wildman–Crippen LogP) is 1.62. The quantitative estimate of drug-likeness (QED) is 0.849. The molecule has 0 bridgehead atoms. The van der Waals surface area contributed by atoms with Crippen LogP contribution in [0.25, 0.3) is 0 Å².